The molecular weight excluding hydrogens is 454 g/mol. The molecule has 3 aromatic carbocycles. The lowest BCUT2D eigenvalue weighted by Gasteiger charge is -2.11. The lowest BCUT2D eigenvalue weighted by atomic mass is 10.1. The molecule has 0 saturated heterocycles. The molecule has 0 saturated carbocycles. The number of amides is 1. The second-order valence-electron chi connectivity index (χ2n) is 6.58. The van der Waals surface area contributed by atoms with Crippen LogP contribution in [-0.4, -0.2) is 13.0 Å². The van der Waals surface area contributed by atoms with Crippen molar-refractivity contribution in [2.24, 2.45) is 0 Å². The van der Waals surface area contributed by atoms with Crippen LogP contribution in [0.4, 0.5) is 10.1 Å². The largest absolute Gasteiger partial charge is 0.497 e. The normalized spacial score (nSPS) is 10.9. The molecule has 0 radical (unpaired) electrons. The van der Waals surface area contributed by atoms with Crippen molar-refractivity contribution >= 4 is 40.9 Å². The summed E-state index contributed by atoms with van der Waals surface area (Å²) >= 11 is 12.6. The number of hydrogen-bond donors (Lipinski definition) is 1. The fourth-order valence-electron chi connectivity index (χ4n) is 2.77. The Balaban J connectivity index is 1.75. The van der Waals surface area contributed by atoms with E-state index in [0.717, 1.165) is 0 Å². The standard InChI is InChI=1S/C24H17Cl2FN2O3/c1-31-20-7-5-19(6-8-20)29-24(30)17(13-28)9-16-11-21(25)23(22(26)12-16)32-14-15-3-2-4-18(27)10-15/h2-12H,14H2,1H3,(H,29,30)/b17-9-. The van der Waals surface area contributed by atoms with E-state index in [1.807, 2.05) is 6.07 Å². The van der Waals surface area contributed by atoms with Crippen molar-refractivity contribution in [1.82, 2.24) is 0 Å². The van der Waals surface area contributed by atoms with E-state index in [-0.39, 0.29) is 33.8 Å². The molecule has 162 valence electrons. The van der Waals surface area contributed by atoms with Crippen LogP contribution in [0.3, 0.4) is 0 Å². The highest BCUT2D eigenvalue weighted by atomic mass is 35.5. The van der Waals surface area contributed by atoms with Gasteiger partial charge in [0.05, 0.1) is 17.2 Å². The predicted octanol–water partition coefficient (Wildman–Crippen LogP) is 6.27. The van der Waals surface area contributed by atoms with Crippen molar-refractivity contribution in [3.8, 4) is 17.6 Å². The number of ether oxygens (including phenoxy) is 2. The number of nitriles is 1. The van der Waals surface area contributed by atoms with Crippen molar-refractivity contribution in [1.29, 1.82) is 5.26 Å². The van der Waals surface area contributed by atoms with Crippen LogP contribution in [0.25, 0.3) is 6.08 Å². The van der Waals surface area contributed by atoms with E-state index in [1.54, 1.807) is 36.4 Å². The molecule has 0 aromatic heterocycles. The number of carbonyl (C=O) groups excluding carboxylic acids is 1. The zero-order chi connectivity index (χ0) is 23.1. The fourth-order valence-corrected chi connectivity index (χ4v) is 3.38. The maximum Gasteiger partial charge on any atom is 0.266 e. The number of hydrogen-bond acceptors (Lipinski definition) is 4. The number of benzene rings is 3. The second kappa shape index (κ2) is 10.7. The summed E-state index contributed by atoms with van der Waals surface area (Å²) in [5, 5.41) is 12.4. The van der Waals surface area contributed by atoms with E-state index < -0.39 is 5.91 Å². The summed E-state index contributed by atoms with van der Waals surface area (Å²) in [4.78, 5) is 12.5. The highest BCUT2D eigenvalue weighted by molar-refractivity contribution is 6.37. The van der Waals surface area contributed by atoms with E-state index in [9.17, 15) is 14.4 Å². The maximum atomic E-state index is 13.3. The Morgan fingerprint density at radius 2 is 1.81 bits per heavy atom. The van der Waals surface area contributed by atoms with Crippen LogP contribution in [0.2, 0.25) is 10.0 Å². The smallest absolute Gasteiger partial charge is 0.266 e. The molecule has 0 heterocycles. The fraction of sp³-hybridized carbons (Fsp3) is 0.0833. The zero-order valence-corrected chi connectivity index (χ0v) is 18.4. The van der Waals surface area contributed by atoms with Crippen molar-refractivity contribution in [3.63, 3.8) is 0 Å². The van der Waals surface area contributed by atoms with Gasteiger partial charge in [-0.2, -0.15) is 5.26 Å². The van der Waals surface area contributed by atoms with Crippen LogP contribution in [0, 0.1) is 17.1 Å². The summed E-state index contributed by atoms with van der Waals surface area (Å²) in [6, 6.07) is 17.6. The monoisotopic (exact) mass is 470 g/mol. The van der Waals surface area contributed by atoms with Crippen LogP contribution in [0.5, 0.6) is 11.5 Å². The van der Waals surface area contributed by atoms with Gasteiger partial charge in [-0.05, 0) is 65.7 Å². The minimum Gasteiger partial charge on any atom is -0.497 e. The Bertz CT molecular complexity index is 1180. The lowest BCUT2D eigenvalue weighted by Crippen LogP contribution is -2.13. The van der Waals surface area contributed by atoms with Gasteiger partial charge in [0.2, 0.25) is 0 Å². The van der Waals surface area contributed by atoms with Gasteiger partial charge in [-0.3, -0.25) is 4.79 Å². The summed E-state index contributed by atoms with van der Waals surface area (Å²) in [5.74, 6) is -0.101. The van der Waals surface area contributed by atoms with E-state index in [4.69, 9.17) is 32.7 Å². The van der Waals surface area contributed by atoms with E-state index in [1.165, 1.54) is 37.5 Å². The molecule has 1 N–H and O–H groups in total. The Kier molecular flexibility index (Phi) is 7.72. The van der Waals surface area contributed by atoms with Crippen LogP contribution in [0.1, 0.15) is 11.1 Å². The first-order valence-corrected chi connectivity index (χ1v) is 10.1. The van der Waals surface area contributed by atoms with Crippen LogP contribution >= 0.6 is 23.2 Å². The molecule has 0 bridgehead atoms. The Morgan fingerprint density at radius 1 is 1.12 bits per heavy atom. The van der Waals surface area contributed by atoms with E-state index >= 15 is 0 Å². The number of rotatable bonds is 7. The molecule has 0 atom stereocenters. The van der Waals surface area contributed by atoms with Gasteiger partial charge < -0.3 is 14.8 Å². The Hall–Kier alpha value is -3.53. The van der Waals surface area contributed by atoms with Crippen LogP contribution < -0.4 is 14.8 Å². The molecule has 1 amide bonds. The highest BCUT2D eigenvalue weighted by Crippen LogP contribution is 2.35. The number of nitrogens with one attached hydrogen (secondary N) is 1. The van der Waals surface area contributed by atoms with E-state index in [0.29, 0.717) is 22.6 Å². The molecule has 3 rings (SSSR count). The highest BCUT2D eigenvalue weighted by Gasteiger charge is 2.13. The summed E-state index contributed by atoms with van der Waals surface area (Å²) in [5.41, 5.74) is 1.43. The summed E-state index contributed by atoms with van der Waals surface area (Å²) in [7, 11) is 1.54. The third kappa shape index (κ3) is 6.01. The zero-order valence-electron chi connectivity index (χ0n) is 16.9. The average molecular weight is 471 g/mol. The summed E-state index contributed by atoms with van der Waals surface area (Å²) < 4.78 is 24.0. The molecule has 0 aliphatic heterocycles. The minimum atomic E-state index is -0.587. The van der Waals surface area contributed by atoms with Crippen molar-refractivity contribution in [2.45, 2.75) is 6.61 Å². The van der Waals surface area contributed by atoms with Gasteiger partial charge in [-0.1, -0.05) is 35.3 Å². The average Bonchev–Trinajstić information content (AvgIpc) is 2.77. The summed E-state index contributed by atoms with van der Waals surface area (Å²) in [6.07, 6.45) is 1.37. The van der Waals surface area contributed by atoms with Gasteiger partial charge in [0, 0.05) is 5.69 Å². The molecule has 5 nitrogen and oxygen atoms in total. The molecule has 0 fully saturated rings. The third-order valence-corrected chi connectivity index (χ3v) is 4.88. The number of carbonyl (C=O) groups is 1. The Morgan fingerprint density at radius 3 is 2.41 bits per heavy atom. The van der Waals surface area contributed by atoms with Gasteiger partial charge in [-0.15, -0.1) is 0 Å². The van der Waals surface area contributed by atoms with Gasteiger partial charge >= 0.3 is 0 Å². The minimum absolute atomic E-state index is 0.0695. The number of halogens is 3. The molecule has 32 heavy (non-hydrogen) atoms. The van der Waals surface area contributed by atoms with Gasteiger partial charge in [0.25, 0.3) is 5.91 Å². The SMILES string of the molecule is COc1ccc(NC(=O)/C(C#N)=C\c2cc(Cl)c(OCc3cccc(F)c3)c(Cl)c2)cc1. The van der Waals surface area contributed by atoms with Gasteiger partial charge in [0.15, 0.2) is 5.75 Å². The second-order valence-corrected chi connectivity index (χ2v) is 7.40. The van der Waals surface area contributed by atoms with Crippen LogP contribution in [-0.2, 0) is 11.4 Å². The molecule has 0 aliphatic rings. The number of anilines is 1. The third-order valence-electron chi connectivity index (χ3n) is 4.32. The topological polar surface area (TPSA) is 71.3 Å². The molecule has 0 spiro atoms. The Labute approximate surface area is 194 Å². The summed E-state index contributed by atoms with van der Waals surface area (Å²) in [6.45, 7) is 0.0695. The predicted molar refractivity (Wildman–Crippen MR) is 122 cm³/mol. The first kappa shape index (κ1) is 23.1. The maximum absolute atomic E-state index is 13.3. The van der Waals surface area contributed by atoms with Crippen molar-refractivity contribution in [3.05, 3.63) is 93.2 Å². The molecule has 3 aromatic rings. The van der Waals surface area contributed by atoms with Crippen LogP contribution in [0.15, 0.2) is 66.2 Å². The van der Waals surface area contributed by atoms with Gasteiger partial charge in [-0.25, -0.2) is 4.39 Å². The number of nitrogens with zero attached hydrogens (tertiary/aromatic N) is 1. The first-order valence-electron chi connectivity index (χ1n) is 9.33. The molecule has 8 heteroatoms. The van der Waals surface area contributed by atoms with Crippen molar-refractivity contribution < 1.29 is 18.7 Å². The number of methoxy groups -OCH3 is 1. The molecular formula is C24H17Cl2FN2O3. The van der Waals surface area contributed by atoms with Gasteiger partial charge in [0.1, 0.15) is 29.8 Å². The molecule has 0 aliphatic carbocycles. The van der Waals surface area contributed by atoms with Crippen molar-refractivity contribution in [2.75, 3.05) is 12.4 Å². The quantitative estimate of drug-likeness (QED) is 0.326. The first-order chi connectivity index (χ1) is 15.4. The lowest BCUT2D eigenvalue weighted by molar-refractivity contribution is -0.112. The van der Waals surface area contributed by atoms with E-state index in [2.05, 4.69) is 5.32 Å². The molecule has 0 unspecified atom stereocenters.